The fourth-order valence-corrected chi connectivity index (χ4v) is 2.51. The number of aliphatic carboxylic acids is 1. The minimum atomic E-state index is -1.15. The molecular formula is C13H21N3O5. The number of aliphatic hydroxyl groups is 1. The third kappa shape index (κ3) is 4.15. The largest absolute Gasteiger partial charge is 0.477 e. The van der Waals surface area contributed by atoms with Crippen molar-refractivity contribution in [2.24, 2.45) is 5.16 Å². The van der Waals surface area contributed by atoms with Crippen LogP contribution in [-0.2, 0) is 14.4 Å². The number of carbonyl (C=O) groups is 2. The van der Waals surface area contributed by atoms with Gasteiger partial charge in [-0.05, 0) is 13.8 Å². The summed E-state index contributed by atoms with van der Waals surface area (Å²) in [4.78, 5) is 31.6. The van der Waals surface area contributed by atoms with Gasteiger partial charge in [-0.25, -0.2) is 4.79 Å². The lowest BCUT2D eigenvalue weighted by atomic mass is 10.1. The molecule has 2 heterocycles. The zero-order chi connectivity index (χ0) is 15.6. The maximum atomic E-state index is 12.2. The van der Waals surface area contributed by atoms with E-state index in [2.05, 4.69) is 10.1 Å². The monoisotopic (exact) mass is 299 g/mol. The molecule has 0 radical (unpaired) electrons. The molecular weight excluding hydrogens is 278 g/mol. The first-order valence-electron chi connectivity index (χ1n) is 6.96. The normalized spacial score (nSPS) is 23.7. The fraction of sp³-hybridized carbons (Fsp3) is 0.769. The molecule has 2 N–H and O–H groups in total. The smallest absolute Gasteiger partial charge is 0.353 e. The second-order valence-electron chi connectivity index (χ2n) is 6.06. The Morgan fingerprint density at radius 1 is 1.33 bits per heavy atom. The maximum absolute atomic E-state index is 12.2. The standard InChI is InChI=1S/C13H21N3O5/c1-13(2,20)8-15-3-5-16(6-4-15)11(17)10-7-9(12(18)19)14-21-10/h10,20H,3-8H2,1-2H3,(H,18,19). The second kappa shape index (κ2) is 5.98. The van der Waals surface area contributed by atoms with Gasteiger partial charge in [0, 0.05) is 39.1 Å². The molecule has 1 fully saturated rings. The Morgan fingerprint density at radius 3 is 2.43 bits per heavy atom. The summed E-state index contributed by atoms with van der Waals surface area (Å²) in [6.07, 6.45) is -0.810. The minimum absolute atomic E-state index is 0.0120. The van der Waals surface area contributed by atoms with Crippen molar-refractivity contribution < 1.29 is 24.6 Å². The molecule has 2 rings (SSSR count). The summed E-state index contributed by atoms with van der Waals surface area (Å²) in [6, 6.07) is 0. The van der Waals surface area contributed by atoms with Gasteiger partial charge in [0.1, 0.15) is 0 Å². The number of piperazine rings is 1. The molecule has 0 aromatic carbocycles. The van der Waals surface area contributed by atoms with E-state index in [1.54, 1.807) is 18.7 Å². The van der Waals surface area contributed by atoms with Crippen LogP contribution in [0.4, 0.5) is 0 Å². The topological polar surface area (TPSA) is 103 Å². The van der Waals surface area contributed by atoms with Crippen molar-refractivity contribution in [1.29, 1.82) is 0 Å². The van der Waals surface area contributed by atoms with E-state index in [0.717, 1.165) is 0 Å². The lowest BCUT2D eigenvalue weighted by Crippen LogP contribution is -2.53. The third-order valence-corrected chi connectivity index (χ3v) is 3.49. The molecule has 2 aliphatic rings. The van der Waals surface area contributed by atoms with E-state index in [1.807, 2.05) is 0 Å². The average molecular weight is 299 g/mol. The number of amides is 1. The van der Waals surface area contributed by atoms with Gasteiger partial charge in [0.2, 0.25) is 6.10 Å². The van der Waals surface area contributed by atoms with E-state index >= 15 is 0 Å². The Morgan fingerprint density at radius 2 is 1.95 bits per heavy atom. The van der Waals surface area contributed by atoms with Crippen LogP contribution in [0, 0.1) is 0 Å². The van der Waals surface area contributed by atoms with Gasteiger partial charge in [0.05, 0.1) is 5.60 Å². The number of β-amino-alcohol motifs (C(OH)–C–C–N with tert-alkyl or cyclic N) is 1. The number of hydrogen-bond acceptors (Lipinski definition) is 6. The predicted molar refractivity (Wildman–Crippen MR) is 73.9 cm³/mol. The summed E-state index contributed by atoms with van der Waals surface area (Å²) in [7, 11) is 0. The molecule has 0 aliphatic carbocycles. The first-order chi connectivity index (χ1) is 9.76. The first kappa shape index (κ1) is 15.7. The molecule has 1 unspecified atom stereocenters. The summed E-state index contributed by atoms with van der Waals surface area (Å²) in [5.74, 6) is -1.38. The minimum Gasteiger partial charge on any atom is -0.477 e. The number of hydrogen-bond donors (Lipinski definition) is 2. The summed E-state index contributed by atoms with van der Waals surface area (Å²) < 4.78 is 0. The molecule has 21 heavy (non-hydrogen) atoms. The highest BCUT2D eigenvalue weighted by Crippen LogP contribution is 2.16. The number of carboxylic acids is 1. The SMILES string of the molecule is CC(C)(O)CN1CCN(C(=O)C2CC(C(=O)O)=NO2)CC1. The fourth-order valence-electron chi connectivity index (χ4n) is 2.51. The van der Waals surface area contributed by atoms with Crippen LogP contribution in [0.2, 0.25) is 0 Å². The zero-order valence-corrected chi connectivity index (χ0v) is 12.3. The van der Waals surface area contributed by atoms with E-state index in [1.165, 1.54) is 0 Å². The van der Waals surface area contributed by atoms with Crippen molar-refractivity contribution in [3.63, 3.8) is 0 Å². The summed E-state index contributed by atoms with van der Waals surface area (Å²) >= 11 is 0. The van der Waals surface area contributed by atoms with Crippen LogP contribution in [0.3, 0.4) is 0 Å². The van der Waals surface area contributed by atoms with Crippen molar-refractivity contribution >= 4 is 17.6 Å². The highest BCUT2D eigenvalue weighted by Gasteiger charge is 2.35. The molecule has 1 saturated heterocycles. The van der Waals surface area contributed by atoms with Crippen LogP contribution in [0.1, 0.15) is 20.3 Å². The van der Waals surface area contributed by atoms with Crippen LogP contribution in [0.5, 0.6) is 0 Å². The van der Waals surface area contributed by atoms with Crippen LogP contribution < -0.4 is 0 Å². The highest BCUT2D eigenvalue weighted by molar-refractivity contribution is 6.36. The molecule has 0 aromatic heterocycles. The molecule has 118 valence electrons. The Labute approximate surface area is 123 Å². The van der Waals surface area contributed by atoms with Gasteiger partial charge in [-0.2, -0.15) is 0 Å². The number of carbonyl (C=O) groups excluding carboxylic acids is 1. The van der Waals surface area contributed by atoms with Gasteiger partial charge in [-0.3, -0.25) is 9.69 Å². The van der Waals surface area contributed by atoms with Gasteiger partial charge in [-0.1, -0.05) is 5.16 Å². The van der Waals surface area contributed by atoms with Crippen molar-refractivity contribution in [2.45, 2.75) is 32.0 Å². The summed E-state index contributed by atoms with van der Waals surface area (Å²) in [5, 5.41) is 22.0. The van der Waals surface area contributed by atoms with Crippen LogP contribution in [0.15, 0.2) is 5.16 Å². The lowest BCUT2D eigenvalue weighted by molar-refractivity contribution is -0.144. The average Bonchev–Trinajstić information content (AvgIpc) is 2.86. The Bertz CT molecular complexity index is 449. The van der Waals surface area contributed by atoms with Gasteiger partial charge >= 0.3 is 5.97 Å². The van der Waals surface area contributed by atoms with Crippen molar-refractivity contribution in [3.8, 4) is 0 Å². The molecule has 0 spiro atoms. The van der Waals surface area contributed by atoms with E-state index in [-0.39, 0.29) is 18.0 Å². The third-order valence-electron chi connectivity index (χ3n) is 3.49. The summed E-state index contributed by atoms with van der Waals surface area (Å²) in [6.45, 7) is 6.49. The highest BCUT2D eigenvalue weighted by atomic mass is 16.6. The molecule has 0 saturated carbocycles. The van der Waals surface area contributed by atoms with Crippen LogP contribution in [0.25, 0.3) is 0 Å². The Kier molecular flexibility index (Phi) is 4.48. The maximum Gasteiger partial charge on any atom is 0.353 e. The molecule has 0 bridgehead atoms. The van der Waals surface area contributed by atoms with E-state index in [0.29, 0.717) is 32.7 Å². The lowest BCUT2D eigenvalue weighted by Gasteiger charge is -2.37. The van der Waals surface area contributed by atoms with Crippen LogP contribution >= 0.6 is 0 Å². The number of rotatable bonds is 4. The molecule has 8 nitrogen and oxygen atoms in total. The number of nitrogens with zero attached hydrogens (tertiary/aromatic N) is 3. The van der Waals surface area contributed by atoms with Crippen molar-refractivity contribution in [2.75, 3.05) is 32.7 Å². The number of carboxylic acid groups (broad SMARTS) is 1. The first-order valence-corrected chi connectivity index (χ1v) is 6.96. The van der Waals surface area contributed by atoms with Gasteiger partial charge in [0.25, 0.3) is 5.91 Å². The van der Waals surface area contributed by atoms with Crippen LogP contribution in [-0.4, -0.2) is 82.0 Å². The van der Waals surface area contributed by atoms with E-state index in [9.17, 15) is 14.7 Å². The van der Waals surface area contributed by atoms with E-state index in [4.69, 9.17) is 9.94 Å². The van der Waals surface area contributed by atoms with Gasteiger partial charge in [0.15, 0.2) is 5.71 Å². The second-order valence-corrected chi connectivity index (χ2v) is 6.06. The van der Waals surface area contributed by atoms with E-state index < -0.39 is 17.7 Å². The Balaban J connectivity index is 1.80. The number of oxime groups is 1. The van der Waals surface area contributed by atoms with Crippen molar-refractivity contribution in [1.82, 2.24) is 9.80 Å². The zero-order valence-electron chi connectivity index (χ0n) is 12.3. The molecule has 1 amide bonds. The predicted octanol–water partition coefficient (Wildman–Crippen LogP) is -0.869. The molecule has 0 aromatic rings. The summed E-state index contributed by atoms with van der Waals surface area (Å²) in [5.41, 5.74) is -0.876. The van der Waals surface area contributed by atoms with Gasteiger partial charge in [-0.15, -0.1) is 0 Å². The van der Waals surface area contributed by atoms with Gasteiger partial charge < -0.3 is 20.0 Å². The quantitative estimate of drug-likeness (QED) is 0.699. The molecule has 8 heteroatoms. The molecule has 2 aliphatic heterocycles. The van der Waals surface area contributed by atoms with Crippen molar-refractivity contribution in [3.05, 3.63) is 0 Å². The Hall–Kier alpha value is -1.67. The molecule has 1 atom stereocenters.